The zero-order chi connectivity index (χ0) is 18.8. The summed E-state index contributed by atoms with van der Waals surface area (Å²) in [6, 6.07) is 20.0. The molecule has 3 heterocycles. The number of aryl methyl sites for hydroxylation is 1. The topological polar surface area (TPSA) is 79.5 Å². The van der Waals surface area contributed by atoms with Gasteiger partial charge in [0.15, 0.2) is 5.69 Å². The van der Waals surface area contributed by atoms with Crippen molar-refractivity contribution in [1.29, 1.82) is 0 Å². The maximum Gasteiger partial charge on any atom is 0.276 e. The Bertz CT molecular complexity index is 1110. The third-order valence-corrected chi connectivity index (χ3v) is 4.38. The lowest BCUT2D eigenvalue weighted by Gasteiger charge is -2.15. The van der Waals surface area contributed by atoms with Gasteiger partial charge in [0, 0.05) is 23.1 Å². The second kappa shape index (κ2) is 7.01. The van der Waals surface area contributed by atoms with Crippen LogP contribution < -0.4 is 5.32 Å². The first-order valence-corrected chi connectivity index (χ1v) is 8.58. The lowest BCUT2D eigenvalue weighted by molar-refractivity contribution is 0.102. The van der Waals surface area contributed by atoms with E-state index in [0.29, 0.717) is 22.6 Å². The fourth-order valence-corrected chi connectivity index (χ4v) is 3.00. The van der Waals surface area contributed by atoms with Crippen molar-refractivity contribution in [2.45, 2.75) is 13.0 Å². The van der Waals surface area contributed by atoms with E-state index in [1.54, 1.807) is 47.1 Å². The van der Waals surface area contributed by atoms with E-state index < -0.39 is 6.10 Å². The highest BCUT2D eigenvalue weighted by molar-refractivity contribution is 6.04. The Morgan fingerprint density at radius 3 is 2.67 bits per heavy atom. The number of carbonyl (C=O) groups is 1. The molecule has 0 fully saturated rings. The highest BCUT2D eigenvalue weighted by Gasteiger charge is 2.18. The van der Waals surface area contributed by atoms with Gasteiger partial charge in [-0.25, -0.2) is 4.52 Å². The third kappa shape index (κ3) is 3.30. The summed E-state index contributed by atoms with van der Waals surface area (Å²) in [5, 5.41) is 17.9. The summed E-state index contributed by atoms with van der Waals surface area (Å²) >= 11 is 0. The molecule has 0 saturated heterocycles. The molecule has 0 spiro atoms. The average molecular weight is 358 g/mol. The van der Waals surface area contributed by atoms with Crippen LogP contribution in [0.3, 0.4) is 0 Å². The van der Waals surface area contributed by atoms with E-state index in [4.69, 9.17) is 0 Å². The smallest absolute Gasteiger partial charge is 0.276 e. The fraction of sp³-hybridized carbons (Fsp3) is 0.0952. The molecule has 1 unspecified atom stereocenters. The first-order chi connectivity index (χ1) is 13.1. The predicted octanol–water partition coefficient (Wildman–Crippen LogP) is 3.37. The number of nitrogens with one attached hydrogen (secondary N) is 1. The van der Waals surface area contributed by atoms with Crippen molar-refractivity contribution in [2.24, 2.45) is 0 Å². The van der Waals surface area contributed by atoms with Crippen molar-refractivity contribution in [2.75, 3.05) is 5.32 Å². The van der Waals surface area contributed by atoms with Crippen LogP contribution in [0.5, 0.6) is 0 Å². The number of aliphatic hydroxyl groups is 1. The largest absolute Gasteiger partial charge is 0.382 e. The molecule has 2 N–H and O–H groups in total. The van der Waals surface area contributed by atoms with Crippen molar-refractivity contribution < 1.29 is 9.90 Å². The Balaban J connectivity index is 1.64. The minimum atomic E-state index is -0.939. The molecule has 0 bridgehead atoms. The minimum absolute atomic E-state index is 0.312. The Morgan fingerprint density at radius 1 is 1.07 bits per heavy atom. The molecular weight excluding hydrogens is 340 g/mol. The monoisotopic (exact) mass is 358 g/mol. The molecule has 3 aromatic heterocycles. The van der Waals surface area contributed by atoms with Gasteiger partial charge in [0.05, 0.1) is 11.2 Å². The molecule has 4 aromatic rings. The zero-order valence-corrected chi connectivity index (χ0v) is 14.7. The number of anilines is 1. The number of nitrogens with zero attached hydrogens (tertiary/aromatic N) is 3. The van der Waals surface area contributed by atoms with Crippen LogP contribution in [0.25, 0.3) is 5.52 Å². The Kier molecular flexibility index (Phi) is 4.40. The number of fused-ring (bicyclic) bond motifs is 1. The van der Waals surface area contributed by atoms with Gasteiger partial charge in [-0.1, -0.05) is 30.3 Å². The summed E-state index contributed by atoms with van der Waals surface area (Å²) in [4.78, 5) is 16.9. The first-order valence-electron chi connectivity index (χ1n) is 8.58. The SMILES string of the molecule is Cc1cccc2cc(C(=O)Nc3ccccc3C(O)c3ccccn3)nn12. The number of rotatable bonds is 4. The summed E-state index contributed by atoms with van der Waals surface area (Å²) in [5.74, 6) is -0.334. The lowest BCUT2D eigenvalue weighted by Crippen LogP contribution is -2.15. The number of aromatic nitrogens is 3. The van der Waals surface area contributed by atoms with E-state index in [0.717, 1.165) is 11.2 Å². The fourth-order valence-electron chi connectivity index (χ4n) is 3.00. The second-order valence-electron chi connectivity index (χ2n) is 6.23. The molecule has 134 valence electrons. The number of benzene rings is 1. The summed E-state index contributed by atoms with van der Waals surface area (Å²) in [6.07, 6.45) is 0.685. The van der Waals surface area contributed by atoms with Gasteiger partial charge in [-0.15, -0.1) is 0 Å². The van der Waals surface area contributed by atoms with Crippen LogP contribution in [-0.4, -0.2) is 25.6 Å². The summed E-state index contributed by atoms with van der Waals surface area (Å²) in [5.41, 5.74) is 3.72. The number of aliphatic hydroxyl groups excluding tert-OH is 1. The number of hydrogen-bond acceptors (Lipinski definition) is 4. The van der Waals surface area contributed by atoms with E-state index in [1.807, 2.05) is 37.3 Å². The van der Waals surface area contributed by atoms with Crippen LogP contribution in [0.2, 0.25) is 0 Å². The Hall–Kier alpha value is -3.51. The molecule has 0 aliphatic carbocycles. The van der Waals surface area contributed by atoms with E-state index in [9.17, 15) is 9.90 Å². The van der Waals surface area contributed by atoms with Gasteiger partial charge >= 0.3 is 0 Å². The van der Waals surface area contributed by atoms with Gasteiger partial charge in [0.1, 0.15) is 6.10 Å². The molecule has 0 aliphatic heterocycles. The van der Waals surface area contributed by atoms with Gasteiger partial charge in [-0.2, -0.15) is 5.10 Å². The van der Waals surface area contributed by atoms with Crippen molar-refractivity contribution in [3.05, 3.63) is 95.6 Å². The average Bonchev–Trinajstić information content (AvgIpc) is 3.15. The van der Waals surface area contributed by atoms with Gasteiger partial charge in [-0.05, 0) is 43.3 Å². The van der Waals surface area contributed by atoms with E-state index in [2.05, 4.69) is 15.4 Å². The molecule has 4 rings (SSSR count). The van der Waals surface area contributed by atoms with E-state index in [-0.39, 0.29) is 5.91 Å². The van der Waals surface area contributed by atoms with Crippen molar-refractivity contribution in [3.8, 4) is 0 Å². The Morgan fingerprint density at radius 2 is 1.89 bits per heavy atom. The van der Waals surface area contributed by atoms with Crippen molar-refractivity contribution >= 4 is 17.1 Å². The highest BCUT2D eigenvalue weighted by atomic mass is 16.3. The number of pyridine rings is 2. The number of amides is 1. The molecule has 1 aromatic carbocycles. The van der Waals surface area contributed by atoms with E-state index in [1.165, 1.54) is 0 Å². The molecule has 0 radical (unpaired) electrons. The van der Waals surface area contributed by atoms with Gasteiger partial charge in [0.2, 0.25) is 0 Å². The summed E-state index contributed by atoms with van der Waals surface area (Å²) in [7, 11) is 0. The van der Waals surface area contributed by atoms with Crippen LogP contribution in [0.4, 0.5) is 5.69 Å². The van der Waals surface area contributed by atoms with Gasteiger partial charge < -0.3 is 10.4 Å². The van der Waals surface area contributed by atoms with Crippen LogP contribution in [-0.2, 0) is 0 Å². The van der Waals surface area contributed by atoms with Crippen molar-refractivity contribution in [3.63, 3.8) is 0 Å². The van der Waals surface area contributed by atoms with Crippen LogP contribution in [0.15, 0.2) is 72.9 Å². The third-order valence-electron chi connectivity index (χ3n) is 4.38. The Labute approximate surface area is 156 Å². The van der Waals surface area contributed by atoms with Crippen LogP contribution >= 0.6 is 0 Å². The molecule has 27 heavy (non-hydrogen) atoms. The van der Waals surface area contributed by atoms with Crippen molar-refractivity contribution in [1.82, 2.24) is 14.6 Å². The highest BCUT2D eigenvalue weighted by Crippen LogP contribution is 2.27. The number of carbonyl (C=O) groups excluding carboxylic acids is 1. The molecule has 0 saturated carbocycles. The number of para-hydroxylation sites is 1. The molecule has 1 atom stereocenters. The van der Waals surface area contributed by atoms with Crippen LogP contribution in [0.1, 0.15) is 33.5 Å². The minimum Gasteiger partial charge on any atom is -0.382 e. The number of hydrogen-bond donors (Lipinski definition) is 2. The summed E-state index contributed by atoms with van der Waals surface area (Å²) in [6.45, 7) is 1.93. The molecule has 1 amide bonds. The second-order valence-corrected chi connectivity index (χ2v) is 6.23. The molecule has 0 aliphatic rings. The zero-order valence-electron chi connectivity index (χ0n) is 14.7. The normalized spacial score (nSPS) is 12.1. The van der Waals surface area contributed by atoms with Crippen LogP contribution in [0, 0.1) is 6.92 Å². The molecular formula is C21H18N4O2. The maximum atomic E-state index is 12.7. The molecule has 6 nitrogen and oxygen atoms in total. The van der Waals surface area contributed by atoms with E-state index >= 15 is 0 Å². The molecule has 6 heteroatoms. The van der Waals surface area contributed by atoms with Gasteiger partial charge in [0.25, 0.3) is 5.91 Å². The summed E-state index contributed by atoms with van der Waals surface area (Å²) < 4.78 is 1.73. The first kappa shape index (κ1) is 16.9. The predicted molar refractivity (Wildman–Crippen MR) is 103 cm³/mol. The lowest BCUT2D eigenvalue weighted by atomic mass is 10.0. The standard InChI is InChI=1S/C21H18N4O2/c1-14-7-6-8-15-13-19(24-25(14)15)21(27)23-17-10-3-2-9-16(17)20(26)18-11-4-5-12-22-18/h2-13,20,26H,1H3,(H,23,27). The quantitative estimate of drug-likeness (QED) is 0.586. The van der Waals surface area contributed by atoms with Gasteiger partial charge in [-0.3, -0.25) is 9.78 Å². The maximum absolute atomic E-state index is 12.7.